The predicted molar refractivity (Wildman–Crippen MR) is 63.1 cm³/mol. The van der Waals surface area contributed by atoms with Crippen LogP contribution < -0.4 is 5.73 Å². The Morgan fingerprint density at radius 2 is 1.75 bits per heavy atom. The van der Waals surface area contributed by atoms with E-state index in [9.17, 15) is 23.3 Å². The monoisotopic (exact) mass is 284 g/mol. The molecular weight excluding hydrogens is 277 g/mol. The van der Waals surface area contributed by atoms with E-state index >= 15 is 0 Å². The maximum atomic E-state index is 13.2. The smallest absolute Gasteiger partial charge is 0.316 e. The first kappa shape index (κ1) is 13.7. The number of hydrogen-bond acceptors (Lipinski definition) is 5. The number of nitrogen functional groups attached to an aromatic ring is 1. The van der Waals surface area contributed by atoms with Crippen molar-refractivity contribution in [2.75, 3.05) is 5.73 Å². The molecule has 0 aliphatic heterocycles. The van der Waals surface area contributed by atoms with E-state index in [-0.39, 0.29) is 22.9 Å². The zero-order valence-corrected chi connectivity index (χ0v) is 10.0. The Hall–Kier alpha value is -2.71. The molecule has 9 heteroatoms. The molecule has 104 valence electrons. The fourth-order valence-corrected chi connectivity index (χ4v) is 1.70. The van der Waals surface area contributed by atoms with Crippen molar-refractivity contribution in [2.24, 2.45) is 0 Å². The van der Waals surface area contributed by atoms with Crippen LogP contribution in [0, 0.1) is 34.5 Å². The Balaban J connectivity index is 2.78. The van der Waals surface area contributed by atoms with Gasteiger partial charge in [-0.3, -0.25) is 10.1 Å². The van der Waals surface area contributed by atoms with E-state index in [0.717, 1.165) is 0 Å². The van der Waals surface area contributed by atoms with E-state index in [4.69, 9.17) is 5.73 Å². The first-order chi connectivity index (χ1) is 9.31. The van der Waals surface area contributed by atoms with Crippen molar-refractivity contribution in [3.05, 3.63) is 45.4 Å². The first-order valence-electron chi connectivity index (χ1n) is 5.24. The fourth-order valence-electron chi connectivity index (χ4n) is 1.70. The maximum absolute atomic E-state index is 13.2. The zero-order chi connectivity index (χ0) is 15.0. The zero-order valence-electron chi connectivity index (χ0n) is 10.0. The number of aryl methyl sites for hydroxylation is 1. The molecule has 0 radical (unpaired) electrons. The van der Waals surface area contributed by atoms with E-state index in [2.05, 4.69) is 9.97 Å². The molecule has 0 aliphatic carbocycles. The Morgan fingerprint density at radius 3 is 2.25 bits per heavy atom. The lowest BCUT2D eigenvalue weighted by Crippen LogP contribution is -2.05. The summed E-state index contributed by atoms with van der Waals surface area (Å²) < 4.78 is 39.3. The average Bonchev–Trinajstić information content (AvgIpc) is 2.33. The molecule has 0 amide bonds. The van der Waals surface area contributed by atoms with E-state index in [1.54, 1.807) is 0 Å². The number of hydrogen-bond donors (Lipinski definition) is 1. The highest BCUT2D eigenvalue weighted by Crippen LogP contribution is 2.32. The van der Waals surface area contributed by atoms with Gasteiger partial charge in [-0.25, -0.2) is 23.1 Å². The molecule has 0 atom stereocenters. The standard InChI is InChI=1S/C11H7F3N4O2/c1-4-10(18(19)20)9(17-11(15)16-4)5-2-6(12)8(14)7(13)3-5/h2-3H,1H3,(H2,15,16,17). The Kier molecular flexibility index (Phi) is 3.26. The lowest BCUT2D eigenvalue weighted by atomic mass is 10.1. The minimum atomic E-state index is -1.67. The van der Waals surface area contributed by atoms with Crippen molar-refractivity contribution >= 4 is 11.6 Å². The van der Waals surface area contributed by atoms with Crippen molar-refractivity contribution in [3.8, 4) is 11.3 Å². The molecule has 1 aromatic heterocycles. The fraction of sp³-hybridized carbons (Fsp3) is 0.0909. The summed E-state index contributed by atoms with van der Waals surface area (Å²) in [5.74, 6) is -4.93. The third-order valence-electron chi connectivity index (χ3n) is 2.52. The quantitative estimate of drug-likeness (QED) is 0.519. The second kappa shape index (κ2) is 4.76. The van der Waals surface area contributed by atoms with Crippen LogP contribution in [0.15, 0.2) is 12.1 Å². The second-order valence-electron chi connectivity index (χ2n) is 3.88. The van der Waals surface area contributed by atoms with Gasteiger partial charge >= 0.3 is 5.69 Å². The molecule has 0 saturated carbocycles. The van der Waals surface area contributed by atoms with Crippen LogP contribution >= 0.6 is 0 Å². The van der Waals surface area contributed by atoms with E-state index in [1.165, 1.54) is 6.92 Å². The largest absolute Gasteiger partial charge is 0.368 e. The molecule has 2 rings (SSSR count). The van der Waals surface area contributed by atoms with Gasteiger partial charge in [0.05, 0.1) is 4.92 Å². The van der Waals surface area contributed by atoms with Gasteiger partial charge in [0, 0.05) is 5.56 Å². The Bertz CT molecular complexity index is 698. The van der Waals surface area contributed by atoms with E-state index in [0.29, 0.717) is 12.1 Å². The molecule has 0 spiro atoms. The summed E-state index contributed by atoms with van der Waals surface area (Å²) in [4.78, 5) is 17.4. The summed E-state index contributed by atoms with van der Waals surface area (Å²) in [5, 5.41) is 11.0. The Morgan fingerprint density at radius 1 is 1.20 bits per heavy atom. The normalized spacial score (nSPS) is 10.6. The number of nitrogens with two attached hydrogens (primary N) is 1. The van der Waals surface area contributed by atoms with Gasteiger partial charge in [0.15, 0.2) is 23.1 Å². The number of benzene rings is 1. The number of anilines is 1. The molecule has 0 unspecified atom stereocenters. The van der Waals surface area contributed by atoms with Crippen molar-refractivity contribution in [1.29, 1.82) is 0 Å². The van der Waals surface area contributed by atoms with Gasteiger partial charge in [-0.05, 0) is 19.1 Å². The van der Waals surface area contributed by atoms with Crippen LogP contribution in [0.1, 0.15) is 5.69 Å². The van der Waals surface area contributed by atoms with Gasteiger partial charge in [-0.15, -0.1) is 0 Å². The lowest BCUT2D eigenvalue weighted by Gasteiger charge is -2.06. The molecule has 6 nitrogen and oxygen atoms in total. The molecule has 0 aliphatic rings. The van der Waals surface area contributed by atoms with Gasteiger partial charge < -0.3 is 5.73 Å². The first-order valence-corrected chi connectivity index (χ1v) is 5.24. The molecule has 2 aromatic rings. The molecule has 0 bridgehead atoms. The van der Waals surface area contributed by atoms with Gasteiger partial charge in [-0.1, -0.05) is 0 Å². The lowest BCUT2D eigenvalue weighted by molar-refractivity contribution is -0.385. The summed E-state index contributed by atoms with van der Waals surface area (Å²) in [6.07, 6.45) is 0. The molecular formula is C11H7F3N4O2. The Labute approximate surface area is 110 Å². The average molecular weight is 284 g/mol. The van der Waals surface area contributed by atoms with Crippen LogP contribution in [0.3, 0.4) is 0 Å². The summed E-state index contributed by atoms with van der Waals surface area (Å²) in [6, 6.07) is 1.21. The van der Waals surface area contributed by atoms with Crippen LogP contribution in [-0.4, -0.2) is 14.9 Å². The summed E-state index contributed by atoms with van der Waals surface area (Å²) >= 11 is 0. The molecule has 1 heterocycles. The maximum Gasteiger partial charge on any atom is 0.316 e. The number of nitrogens with zero attached hydrogens (tertiary/aromatic N) is 3. The SMILES string of the molecule is Cc1nc(N)nc(-c2cc(F)c(F)c(F)c2)c1[N+](=O)[O-]. The van der Waals surface area contributed by atoms with Crippen LogP contribution in [0.25, 0.3) is 11.3 Å². The third-order valence-corrected chi connectivity index (χ3v) is 2.52. The van der Waals surface area contributed by atoms with Crippen LogP contribution in [0.4, 0.5) is 24.8 Å². The topological polar surface area (TPSA) is 94.9 Å². The van der Waals surface area contributed by atoms with Gasteiger partial charge in [0.2, 0.25) is 5.95 Å². The van der Waals surface area contributed by atoms with Crippen LogP contribution in [0.5, 0.6) is 0 Å². The summed E-state index contributed by atoms with van der Waals surface area (Å²) in [7, 11) is 0. The van der Waals surface area contributed by atoms with Crippen molar-refractivity contribution < 1.29 is 18.1 Å². The van der Waals surface area contributed by atoms with Crippen molar-refractivity contribution in [1.82, 2.24) is 9.97 Å². The molecule has 0 saturated heterocycles. The van der Waals surface area contributed by atoms with E-state index < -0.39 is 28.1 Å². The number of rotatable bonds is 2. The van der Waals surface area contributed by atoms with Gasteiger partial charge in [0.1, 0.15) is 5.69 Å². The van der Waals surface area contributed by atoms with Gasteiger partial charge in [-0.2, -0.15) is 0 Å². The second-order valence-corrected chi connectivity index (χ2v) is 3.88. The minimum absolute atomic E-state index is 0.0670. The highest BCUT2D eigenvalue weighted by molar-refractivity contribution is 5.71. The predicted octanol–water partition coefficient (Wildman–Crippen LogP) is 2.36. The number of nitro groups is 1. The van der Waals surface area contributed by atoms with Crippen LogP contribution in [-0.2, 0) is 0 Å². The van der Waals surface area contributed by atoms with Gasteiger partial charge in [0.25, 0.3) is 0 Å². The number of aromatic nitrogens is 2. The summed E-state index contributed by atoms with van der Waals surface area (Å²) in [5.41, 5.74) is 4.07. The van der Waals surface area contributed by atoms with E-state index in [1.807, 2.05) is 0 Å². The molecule has 20 heavy (non-hydrogen) atoms. The molecule has 2 N–H and O–H groups in total. The third kappa shape index (κ3) is 2.25. The highest BCUT2D eigenvalue weighted by atomic mass is 19.2. The molecule has 1 aromatic carbocycles. The summed E-state index contributed by atoms with van der Waals surface area (Å²) in [6.45, 7) is 1.30. The van der Waals surface area contributed by atoms with Crippen molar-refractivity contribution in [2.45, 2.75) is 6.92 Å². The highest BCUT2D eigenvalue weighted by Gasteiger charge is 2.24. The number of halogens is 3. The molecule has 0 fully saturated rings. The minimum Gasteiger partial charge on any atom is -0.368 e. The van der Waals surface area contributed by atoms with Crippen molar-refractivity contribution in [3.63, 3.8) is 0 Å². The van der Waals surface area contributed by atoms with Crippen LogP contribution in [0.2, 0.25) is 0 Å².